The lowest BCUT2D eigenvalue weighted by molar-refractivity contribution is 0.353. The van der Waals surface area contributed by atoms with Crippen molar-refractivity contribution in [1.29, 1.82) is 0 Å². The molecule has 1 aliphatic heterocycles. The number of rotatable bonds is 4. The Balaban J connectivity index is 2.35. The second-order valence-electron chi connectivity index (χ2n) is 3.55. The highest BCUT2D eigenvalue weighted by Gasteiger charge is 2.28. The van der Waals surface area contributed by atoms with E-state index in [0.717, 1.165) is 11.3 Å². The van der Waals surface area contributed by atoms with E-state index in [1.807, 2.05) is 29.2 Å². The quantitative estimate of drug-likeness (QED) is 0.606. The molecule has 88 valence electrons. The zero-order valence-electron chi connectivity index (χ0n) is 9.54. The Morgan fingerprint density at radius 2 is 2.29 bits per heavy atom. The Hall–Kier alpha value is -1.75. The topological polar surface area (TPSA) is 37.2 Å². The number of hydrogen-bond donors (Lipinski definition) is 0. The second-order valence-corrected chi connectivity index (χ2v) is 3.92. The summed E-state index contributed by atoms with van der Waals surface area (Å²) in [4.78, 5) is 1.90. The summed E-state index contributed by atoms with van der Waals surface area (Å²) in [6.07, 6.45) is 1.57. The third-order valence-corrected chi connectivity index (χ3v) is 2.85. The van der Waals surface area contributed by atoms with E-state index in [9.17, 15) is 0 Å². The fraction of sp³-hybridized carbons (Fsp3) is 0.250. The van der Waals surface area contributed by atoms with Gasteiger partial charge in [0.05, 0.1) is 7.11 Å². The second kappa shape index (κ2) is 5.05. The molecular formula is C12H13N3OS. The minimum atomic E-state index is -0.211. The molecule has 0 fully saturated rings. The lowest BCUT2D eigenvalue weighted by Crippen LogP contribution is -2.27. The van der Waals surface area contributed by atoms with E-state index < -0.39 is 0 Å². The summed E-state index contributed by atoms with van der Waals surface area (Å²) in [5.74, 6) is 0.787. The Labute approximate surface area is 106 Å². The van der Waals surface area contributed by atoms with Crippen LogP contribution >= 0.6 is 12.2 Å². The molecule has 1 aromatic carbocycles. The van der Waals surface area contributed by atoms with E-state index in [2.05, 4.69) is 16.8 Å². The van der Waals surface area contributed by atoms with E-state index in [-0.39, 0.29) is 6.17 Å². The number of hydrogen-bond acceptors (Lipinski definition) is 3. The lowest BCUT2D eigenvalue weighted by atomic mass is 10.1. The van der Waals surface area contributed by atoms with Gasteiger partial charge in [-0.1, -0.05) is 24.3 Å². The molecule has 0 saturated carbocycles. The van der Waals surface area contributed by atoms with Crippen molar-refractivity contribution in [1.82, 2.24) is 4.90 Å². The fourth-order valence-corrected chi connectivity index (χ4v) is 1.98. The average Bonchev–Trinajstić information content (AvgIpc) is 2.72. The number of thiocarbonyl (C=S) groups is 1. The molecule has 0 N–H and O–H groups in total. The molecule has 0 radical (unpaired) electrons. The van der Waals surface area contributed by atoms with Crippen molar-refractivity contribution in [3.05, 3.63) is 42.5 Å². The van der Waals surface area contributed by atoms with Crippen molar-refractivity contribution < 1.29 is 4.74 Å². The van der Waals surface area contributed by atoms with Gasteiger partial charge in [-0.3, -0.25) is 0 Å². The van der Waals surface area contributed by atoms with Gasteiger partial charge in [-0.25, -0.2) is 0 Å². The molecule has 1 unspecified atom stereocenters. The van der Waals surface area contributed by atoms with Crippen molar-refractivity contribution in [2.75, 3.05) is 13.7 Å². The van der Waals surface area contributed by atoms with Gasteiger partial charge < -0.3 is 9.64 Å². The molecule has 0 saturated heterocycles. The van der Waals surface area contributed by atoms with Gasteiger partial charge in [-0.15, -0.1) is 11.7 Å². The number of nitrogens with zero attached hydrogens (tertiary/aromatic N) is 3. The third-order valence-electron chi connectivity index (χ3n) is 2.54. The van der Waals surface area contributed by atoms with Crippen LogP contribution in [0.15, 0.2) is 47.1 Å². The molecule has 5 heteroatoms. The van der Waals surface area contributed by atoms with Crippen LogP contribution < -0.4 is 4.74 Å². The molecule has 0 aromatic heterocycles. The standard InChI is InChI=1S/C12H13N3OS/c1-3-8-15-11(13-14-12(15)17)9-6-4-5-7-10(9)16-2/h3-7,11H,1,8H2,2H3. The highest BCUT2D eigenvalue weighted by Crippen LogP contribution is 2.34. The summed E-state index contributed by atoms with van der Waals surface area (Å²) in [5.41, 5.74) is 0.959. The minimum Gasteiger partial charge on any atom is -0.496 e. The molecule has 1 aliphatic rings. The number of para-hydroxylation sites is 1. The van der Waals surface area contributed by atoms with Gasteiger partial charge in [0.2, 0.25) is 5.11 Å². The van der Waals surface area contributed by atoms with Gasteiger partial charge in [0, 0.05) is 12.1 Å². The number of ether oxygens (including phenoxy) is 1. The van der Waals surface area contributed by atoms with E-state index in [4.69, 9.17) is 17.0 Å². The van der Waals surface area contributed by atoms with Gasteiger partial charge in [0.15, 0.2) is 6.17 Å². The fourth-order valence-electron chi connectivity index (χ4n) is 1.76. The highest BCUT2D eigenvalue weighted by molar-refractivity contribution is 7.80. The number of azo groups is 1. The molecular weight excluding hydrogens is 234 g/mol. The largest absolute Gasteiger partial charge is 0.496 e. The first-order valence-corrected chi connectivity index (χ1v) is 5.64. The monoisotopic (exact) mass is 247 g/mol. The zero-order chi connectivity index (χ0) is 12.3. The van der Waals surface area contributed by atoms with Crippen LogP contribution in [0.1, 0.15) is 11.7 Å². The summed E-state index contributed by atoms with van der Waals surface area (Å²) in [6, 6.07) is 7.73. The van der Waals surface area contributed by atoms with Crippen LogP contribution in [0.4, 0.5) is 0 Å². The number of benzene rings is 1. The van der Waals surface area contributed by atoms with E-state index in [1.54, 1.807) is 13.2 Å². The summed E-state index contributed by atoms with van der Waals surface area (Å²) in [6.45, 7) is 4.33. The molecule has 1 aromatic rings. The Morgan fingerprint density at radius 3 is 3.00 bits per heavy atom. The van der Waals surface area contributed by atoms with Gasteiger partial charge >= 0.3 is 0 Å². The third kappa shape index (κ3) is 2.19. The Kier molecular flexibility index (Phi) is 3.49. The van der Waals surface area contributed by atoms with Crippen LogP contribution in [0.25, 0.3) is 0 Å². The predicted molar refractivity (Wildman–Crippen MR) is 70.1 cm³/mol. The first-order chi connectivity index (χ1) is 8.27. The zero-order valence-corrected chi connectivity index (χ0v) is 10.4. The van der Waals surface area contributed by atoms with Gasteiger partial charge in [-0.05, 0) is 18.3 Å². The smallest absolute Gasteiger partial charge is 0.218 e. The maximum Gasteiger partial charge on any atom is 0.218 e. The van der Waals surface area contributed by atoms with Crippen molar-refractivity contribution in [2.24, 2.45) is 10.2 Å². The highest BCUT2D eigenvalue weighted by atomic mass is 32.1. The molecule has 0 amide bonds. The Morgan fingerprint density at radius 1 is 1.53 bits per heavy atom. The van der Waals surface area contributed by atoms with Crippen molar-refractivity contribution >= 4 is 17.3 Å². The van der Waals surface area contributed by atoms with Crippen LogP contribution in [0.5, 0.6) is 5.75 Å². The van der Waals surface area contributed by atoms with E-state index in [1.165, 1.54) is 0 Å². The molecule has 0 aliphatic carbocycles. The summed E-state index contributed by atoms with van der Waals surface area (Å²) in [7, 11) is 1.64. The van der Waals surface area contributed by atoms with Crippen molar-refractivity contribution in [3.63, 3.8) is 0 Å². The normalized spacial score (nSPS) is 18.5. The van der Waals surface area contributed by atoms with Crippen LogP contribution in [0.2, 0.25) is 0 Å². The maximum atomic E-state index is 5.32. The Bertz CT molecular complexity index is 473. The lowest BCUT2D eigenvalue weighted by Gasteiger charge is -2.22. The minimum absolute atomic E-state index is 0.211. The van der Waals surface area contributed by atoms with Crippen LogP contribution in [-0.4, -0.2) is 23.7 Å². The summed E-state index contributed by atoms with van der Waals surface area (Å²) >= 11 is 5.14. The van der Waals surface area contributed by atoms with Crippen molar-refractivity contribution in [2.45, 2.75) is 6.17 Å². The van der Waals surface area contributed by atoms with Crippen LogP contribution in [-0.2, 0) is 0 Å². The van der Waals surface area contributed by atoms with E-state index in [0.29, 0.717) is 11.7 Å². The maximum absolute atomic E-state index is 5.32. The average molecular weight is 247 g/mol. The molecule has 0 bridgehead atoms. The summed E-state index contributed by atoms with van der Waals surface area (Å²) in [5, 5.41) is 8.61. The SMILES string of the molecule is C=CCN1C(=S)N=NC1c1ccccc1OC. The van der Waals surface area contributed by atoms with Gasteiger partial charge in [-0.2, -0.15) is 5.11 Å². The molecule has 1 heterocycles. The van der Waals surface area contributed by atoms with E-state index >= 15 is 0 Å². The molecule has 4 nitrogen and oxygen atoms in total. The van der Waals surface area contributed by atoms with Crippen LogP contribution in [0.3, 0.4) is 0 Å². The first kappa shape index (κ1) is 11.7. The van der Waals surface area contributed by atoms with Gasteiger partial charge in [0.25, 0.3) is 0 Å². The van der Waals surface area contributed by atoms with Crippen LogP contribution in [0, 0.1) is 0 Å². The van der Waals surface area contributed by atoms with Gasteiger partial charge in [0.1, 0.15) is 5.75 Å². The summed E-state index contributed by atoms with van der Waals surface area (Å²) < 4.78 is 5.32. The molecule has 17 heavy (non-hydrogen) atoms. The molecule has 1 atom stereocenters. The molecule has 2 rings (SSSR count). The molecule has 0 spiro atoms. The number of methoxy groups -OCH3 is 1. The van der Waals surface area contributed by atoms with Crippen molar-refractivity contribution in [3.8, 4) is 5.75 Å². The first-order valence-electron chi connectivity index (χ1n) is 5.23. The predicted octanol–water partition coefficient (Wildman–Crippen LogP) is 2.93.